The number of aromatic nitrogens is 2. The smallest absolute Gasteiger partial charge is 0.261 e. The summed E-state index contributed by atoms with van der Waals surface area (Å²) in [6, 6.07) is 19.0. The summed E-state index contributed by atoms with van der Waals surface area (Å²) in [5, 5.41) is 7.72. The van der Waals surface area contributed by atoms with Gasteiger partial charge in [0.15, 0.2) is 0 Å². The van der Waals surface area contributed by atoms with Gasteiger partial charge in [-0.1, -0.05) is 42.5 Å². The number of amides is 2. The van der Waals surface area contributed by atoms with Gasteiger partial charge in [-0.3, -0.25) is 9.59 Å². The Balaban J connectivity index is 1.28. The van der Waals surface area contributed by atoms with Crippen molar-refractivity contribution in [3.05, 3.63) is 112 Å². The lowest BCUT2D eigenvalue weighted by Crippen LogP contribution is -2.23. The molecule has 0 unspecified atom stereocenters. The third-order valence-electron chi connectivity index (χ3n) is 4.78. The van der Waals surface area contributed by atoms with Crippen LogP contribution in [0, 0.1) is 0 Å². The number of carbonyl (C=O) groups excluding carboxylic acids is 2. The van der Waals surface area contributed by atoms with Gasteiger partial charge in [0.2, 0.25) is 0 Å². The van der Waals surface area contributed by atoms with E-state index in [1.165, 1.54) is 11.3 Å². The average Bonchev–Trinajstić information content (AvgIpc) is 3.51. The van der Waals surface area contributed by atoms with Gasteiger partial charge in [-0.05, 0) is 40.3 Å². The molecule has 0 saturated carbocycles. The van der Waals surface area contributed by atoms with Gasteiger partial charge < -0.3 is 15.2 Å². The highest BCUT2D eigenvalue weighted by Crippen LogP contribution is 2.10. The zero-order chi connectivity index (χ0) is 21.5. The first-order chi connectivity index (χ1) is 15.2. The van der Waals surface area contributed by atoms with E-state index in [-0.39, 0.29) is 11.8 Å². The summed E-state index contributed by atoms with van der Waals surface area (Å²) in [7, 11) is 0. The lowest BCUT2D eigenvalue weighted by Gasteiger charge is -2.09. The number of rotatable bonds is 8. The molecule has 0 atom stereocenters. The van der Waals surface area contributed by atoms with Crippen LogP contribution in [0.25, 0.3) is 0 Å². The zero-order valence-corrected chi connectivity index (χ0v) is 17.6. The SMILES string of the molecule is O=C(NCc1cccc(Cn2ccnc2)c1)c1ccc(CNC(=O)c2cccs2)cc1. The Hall–Kier alpha value is -3.71. The molecule has 7 heteroatoms. The number of hydrogen-bond acceptors (Lipinski definition) is 4. The molecule has 0 saturated heterocycles. The van der Waals surface area contributed by atoms with Gasteiger partial charge in [-0.25, -0.2) is 4.98 Å². The van der Waals surface area contributed by atoms with Crippen molar-refractivity contribution in [2.24, 2.45) is 0 Å². The Morgan fingerprint density at radius 3 is 2.39 bits per heavy atom. The summed E-state index contributed by atoms with van der Waals surface area (Å²) in [4.78, 5) is 29.3. The predicted molar refractivity (Wildman–Crippen MR) is 121 cm³/mol. The average molecular weight is 431 g/mol. The van der Waals surface area contributed by atoms with Gasteiger partial charge in [0.05, 0.1) is 11.2 Å². The normalized spacial score (nSPS) is 10.6. The Morgan fingerprint density at radius 1 is 0.871 bits per heavy atom. The molecule has 6 nitrogen and oxygen atoms in total. The quantitative estimate of drug-likeness (QED) is 0.446. The Kier molecular flexibility index (Phi) is 6.54. The molecule has 0 radical (unpaired) electrons. The Morgan fingerprint density at radius 2 is 1.65 bits per heavy atom. The zero-order valence-electron chi connectivity index (χ0n) is 16.8. The van der Waals surface area contributed by atoms with E-state index < -0.39 is 0 Å². The number of hydrogen-bond donors (Lipinski definition) is 2. The van der Waals surface area contributed by atoms with Crippen molar-refractivity contribution in [3.8, 4) is 0 Å². The number of nitrogens with one attached hydrogen (secondary N) is 2. The maximum absolute atomic E-state index is 12.5. The summed E-state index contributed by atoms with van der Waals surface area (Å²) in [6.07, 6.45) is 5.46. The highest BCUT2D eigenvalue weighted by atomic mass is 32.1. The van der Waals surface area contributed by atoms with Crippen LogP contribution in [0.1, 0.15) is 36.7 Å². The molecule has 4 rings (SSSR count). The summed E-state index contributed by atoms with van der Waals surface area (Å²) in [6.45, 7) is 1.61. The van der Waals surface area contributed by atoms with E-state index in [1.54, 1.807) is 30.7 Å². The highest BCUT2D eigenvalue weighted by Gasteiger charge is 2.08. The molecular weight excluding hydrogens is 408 g/mol. The van der Waals surface area contributed by atoms with Crippen molar-refractivity contribution in [1.82, 2.24) is 20.2 Å². The monoisotopic (exact) mass is 430 g/mol. The van der Waals surface area contributed by atoms with E-state index in [0.29, 0.717) is 23.5 Å². The standard InChI is InChI=1S/C24H22N4O2S/c29-23(26-15-19-3-1-4-20(13-19)16-28-11-10-25-17-28)21-8-6-18(7-9-21)14-27-24(30)22-5-2-12-31-22/h1-13,17H,14-16H2,(H,26,29)(H,27,30). The van der Waals surface area contributed by atoms with Crippen molar-refractivity contribution in [3.63, 3.8) is 0 Å². The molecule has 2 amide bonds. The third-order valence-corrected chi connectivity index (χ3v) is 5.65. The minimum absolute atomic E-state index is 0.0907. The van der Waals surface area contributed by atoms with E-state index in [1.807, 2.05) is 46.5 Å². The van der Waals surface area contributed by atoms with Crippen molar-refractivity contribution >= 4 is 23.2 Å². The van der Waals surface area contributed by atoms with Crippen LogP contribution in [0.3, 0.4) is 0 Å². The van der Waals surface area contributed by atoms with Crippen molar-refractivity contribution in [1.29, 1.82) is 0 Å². The minimum Gasteiger partial charge on any atom is -0.348 e. The van der Waals surface area contributed by atoms with Crippen molar-refractivity contribution < 1.29 is 9.59 Å². The van der Waals surface area contributed by atoms with Crippen molar-refractivity contribution in [2.45, 2.75) is 19.6 Å². The first kappa shape index (κ1) is 20.6. The molecule has 0 aliphatic rings. The molecule has 31 heavy (non-hydrogen) atoms. The Bertz CT molecular complexity index is 1140. The topological polar surface area (TPSA) is 76.0 Å². The van der Waals surface area contributed by atoms with E-state index in [2.05, 4.69) is 27.8 Å². The number of nitrogens with zero attached hydrogens (tertiary/aromatic N) is 2. The predicted octanol–water partition coefficient (Wildman–Crippen LogP) is 3.85. The second kappa shape index (κ2) is 9.86. The summed E-state index contributed by atoms with van der Waals surface area (Å²) >= 11 is 1.41. The fourth-order valence-corrected chi connectivity index (χ4v) is 3.80. The van der Waals surface area contributed by atoms with E-state index in [9.17, 15) is 9.59 Å². The third kappa shape index (κ3) is 5.67. The largest absolute Gasteiger partial charge is 0.348 e. The molecule has 2 aromatic heterocycles. The summed E-state index contributed by atoms with van der Waals surface area (Å²) in [5.74, 6) is -0.221. The van der Waals surface area contributed by atoms with E-state index in [4.69, 9.17) is 0 Å². The fourth-order valence-electron chi connectivity index (χ4n) is 3.16. The van der Waals surface area contributed by atoms with Crippen LogP contribution in [-0.4, -0.2) is 21.4 Å². The van der Waals surface area contributed by atoms with Crippen LogP contribution >= 0.6 is 11.3 Å². The second-order valence-corrected chi connectivity index (χ2v) is 8.04. The van der Waals surface area contributed by atoms with Gasteiger partial charge in [-0.15, -0.1) is 11.3 Å². The van der Waals surface area contributed by atoms with Gasteiger partial charge >= 0.3 is 0 Å². The summed E-state index contributed by atoms with van der Waals surface area (Å²) < 4.78 is 2.00. The lowest BCUT2D eigenvalue weighted by atomic mass is 10.1. The van der Waals surface area contributed by atoms with Crippen LogP contribution in [-0.2, 0) is 19.6 Å². The second-order valence-electron chi connectivity index (χ2n) is 7.09. The van der Waals surface area contributed by atoms with Crippen LogP contribution in [0.2, 0.25) is 0 Å². The molecule has 156 valence electrons. The maximum Gasteiger partial charge on any atom is 0.261 e. The first-order valence-corrected chi connectivity index (χ1v) is 10.8. The fraction of sp³-hybridized carbons (Fsp3) is 0.125. The highest BCUT2D eigenvalue weighted by molar-refractivity contribution is 7.12. The minimum atomic E-state index is -0.130. The molecule has 0 aliphatic heterocycles. The van der Waals surface area contributed by atoms with Gasteiger partial charge in [0, 0.05) is 37.6 Å². The molecular formula is C24H22N4O2S. The van der Waals surface area contributed by atoms with Gasteiger partial charge in [-0.2, -0.15) is 0 Å². The van der Waals surface area contributed by atoms with Gasteiger partial charge in [0.25, 0.3) is 11.8 Å². The molecule has 2 heterocycles. The lowest BCUT2D eigenvalue weighted by molar-refractivity contribution is 0.0943. The number of thiophene rings is 1. The Labute approximate surface area is 184 Å². The van der Waals surface area contributed by atoms with Gasteiger partial charge in [0.1, 0.15) is 0 Å². The van der Waals surface area contributed by atoms with Crippen molar-refractivity contribution in [2.75, 3.05) is 0 Å². The molecule has 0 aliphatic carbocycles. The molecule has 0 fully saturated rings. The molecule has 4 aromatic rings. The first-order valence-electron chi connectivity index (χ1n) is 9.90. The molecule has 0 spiro atoms. The maximum atomic E-state index is 12.5. The van der Waals surface area contributed by atoms with Crippen LogP contribution < -0.4 is 10.6 Å². The van der Waals surface area contributed by atoms with Crippen LogP contribution in [0.4, 0.5) is 0 Å². The number of benzene rings is 2. The molecule has 0 bridgehead atoms. The number of carbonyl (C=O) groups is 2. The van der Waals surface area contributed by atoms with Crippen LogP contribution in [0.5, 0.6) is 0 Å². The van der Waals surface area contributed by atoms with E-state index >= 15 is 0 Å². The molecule has 2 aromatic carbocycles. The summed E-state index contributed by atoms with van der Waals surface area (Å²) in [5.41, 5.74) is 3.72. The van der Waals surface area contributed by atoms with E-state index in [0.717, 1.165) is 23.2 Å². The number of imidazole rings is 1. The molecule has 2 N–H and O–H groups in total. The van der Waals surface area contributed by atoms with Crippen LogP contribution in [0.15, 0.2) is 84.8 Å².